The number of fused-ring (bicyclic) bond motifs is 1. The first kappa shape index (κ1) is 16.8. The van der Waals surface area contributed by atoms with Crippen LogP contribution in [0.3, 0.4) is 0 Å². The largest absolute Gasteiger partial charge is 0.493 e. The number of ether oxygens (including phenoxy) is 1. The first-order valence-electron chi connectivity index (χ1n) is 7.69. The number of benzene rings is 1. The van der Waals surface area contributed by atoms with Crippen LogP contribution in [-0.4, -0.2) is 29.2 Å². The summed E-state index contributed by atoms with van der Waals surface area (Å²) in [6.45, 7) is -0.0216. The van der Waals surface area contributed by atoms with Crippen LogP contribution >= 0.6 is 0 Å². The minimum atomic E-state index is -0.878. The standard InChI is InChI=1S/C18H18N2O5/c1-20-8-4-6-13(20)14(21)10-19-17(22)12-9-11-5-3-7-15(24-2)16(11)25-18(12)23/h3-9,14,21H,10H2,1-2H3,(H,19,22). The summed E-state index contributed by atoms with van der Waals surface area (Å²) in [5.41, 5.74) is 0.0636. The maximum atomic E-state index is 12.3. The normalized spacial score (nSPS) is 12.1. The van der Waals surface area contributed by atoms with Gasteiger partial charge in [-0.25, -0.2) is 4.79 Å². The van der Waals surface area contributed by atoms with Crippen molar-refractivity contribution in [3.05, 3.63) is 64.3 Å². The summed E-state index contributed by atoms with van der Waals surface area (Å²) in [5.74, 6) is -0.188. The maximum absolute atomic E-state index is 12.3. The van der Waals surface area contributed by atoms with Crippen molar-refractivity contribution in [1.29, 1.82) is 0 Å². The van der Waals surface area contributed by atoms with E-state index >= 15 is 0 Å². The molecule has 0 aliphatic heterocycles. The number of aryl methyl sites for hydroxylation is 1. The Bertz CT molecular complexity index is 973. The number of aliphatic hydroxyl groups excluding tert-OH is 1. The third-order valence-corrected chi connectivity index (χ3v) is 3.97. The van der Waals surface area contributed by atoms with E-state index in [2.05, 4.69) is 5.32 Å². The molecule has 3 aromatic rings. The van der Waals surface area contributed by atoms with Crippen LogP contribution in [0, 0.1) is 0 Å². The second-order valence-corrected chi connectivity index (χ2v) is 5.60. The predicted octanol–water partition coefficient (Wildman–Crippen LogP) is 1.60. The molecule has 0 saturated carbocycles. The van der Waals surface area contributed by atoms with Gasteiger partial charge in [0, 0.05) is 30.9 Å². The van der Waals surface area contributed by atoms with Crippen LogP contribution < -0.4 is 15.7 Å². The number of nitrogens with one attached hydrogen (secondary N) is 1. The van der Waals surface area contributed by atoms with Crippen molar-refractivity contribution in [2.24, 2.45) is 7.05 Å². The minimum Gasteiger partial charge on any atom is -0.493 e. The number of hydrogen-bond donors (Lipinski definition) is 2. The quantitative estimate of drug-likeness (QED) is 0.687. The minimum absolute atomic E-state index is 0.0216. The van der Waals surface area contributed by atoms with Gasteiger partial charge in [-0.1, -0.05) is 12.1 Å². The fraction of sp³-hybridized carbons (Fsp3) is 0.222. The van der Waals surface area contributed by atoms with Crippen molar-refractivity contribution < 1.29 is 19.1 Å². The number of carbonyl (C=O) groups is 1. The number of carbonyl (C=O) groups excluding carboxylic acids is 1. The van der Waals surface area contributed by atoms with Crippen molar-refractivity contribution in [2.75, 3.05) is 13.7 Å². The molecule has 1 atom stereocenters. The third-order valence-electron chi connectivity index (χ3n) is 3.97. The lowest BCUT2D eigenvalue weighted by molar-refractivity contribution is 0.0909. The lowest BCUT2D eigenvalue weighted by Gasteiger charge is -2.13. The van der Waals surface area contributed by atoms with Gasteiger partial charge >= 0.3 is 5.63 Å². The predicted molar refractivity (Wildman–Crippen MR) is 91.7 cm³/mol. The zero-order valence-corrected chi connectivity index (χ0v) is 13.9. The van der Waals surface area contributed by atoms with Crippen LogP contribution in [0.25, 0.3) is 11.0 Å². The summed E-state index contributed by atoms with van der Waals surface area (Å²) < 4.78 is 12.1. The molecule has 2 aromatic heterocycles. The molecule has 2 N–H and O–H groups in total. The van der Waals surface area contributed by atoms with E-state index in [-0.39, 0.29) is 17.7 Å². The number of rotatable bonds is 5. The molecule has 0 bridgehead atoms. The molecule has 7 nitrogen and oxygen atoms in total. The third kappa shape index (κ3) is 3.27. The molecule has 0 aliphatic rings. The Morgan fingerprint density at radius 3 is 2.84 bits per heavy atom. The van der Waals surface area contributed by atoms with E-state index in [0.29, 0.717) is 16.8 Å². The van der Waals surface area contributed by atoms with Gasteiger partial charge in [-0.15, -0.1) is 0 Å². The molecule has 7 heteroatoms. The number of aromatic nitrogens is 1. The summed E-state index contributed by atoms with van der Waals surface area (Å²) in [4.78, 5) is 24.4. The molecule has 25 heavy (non-hydrogen) atoms. The highest BCUT2D eigenvalue weighted by Gasteiger charge is 2.17. The molecule has 130 valence electrons. The molecular formula is C18H18N2O5. The Balaban J connectivity index is 1.81. The zero-order valence-electron chi connectivity index (χ0n) is 13.9. The van der Waals surface area contributed by atoms with Gasteiger partial charge < -0.3 is 24.1 Å². The van der Waals surface area contributed by atoms with E-state index in [1.807, 2.05) is 0 Å². The molecule has 0 saturated heterocycles. The topological polar surface area (TPSA) is 93.7 Å². The van der Waals surface area contributed by atoms with Gasteiger partial charge in [0.05, 0.1) is 7.11 Å². The molecule has 0 fully saturated rings. The zero-order chi connectivity index (χ0) is 18.0. The SMILES string of the molecule is COc1cccc2cc(C(=O)NCC(O)c3cccn3C)c(=O)oc12. The maximum Gasteiger partial charge on any atom is 0.349 e. The number of amides is 1. The van der Waals surface area contributed by atoms with Crippen molar-refractivity contribution >= 4 is 16.9 Å². The van der Waals surface area contributed by atoms with E-state index in [1.165, 1.54) is 13.2 Å². The number of nitrogens with zero attached hydrogens (tertiary/aromatic N) is 1. The summed E-state index contributed by atoms with van der Waals surface area (Å²) >= 11 is 0. The monoisotopic (exact) mass is 342 g/mol. The highest BCUT2D eigenvalue weighted by atomic mass is 16.5. The van der Waals surface area contributed by atoms with E-state index in [4.69, 9.17) is 9.15 Å². The first-order valence-corrected chi connectivity index (χ1v) is 7.69. The molecule has 3 rings (SSSR count). The van der Waals surface area contributed by atoms with E-state index in [0.717, 1.165) is 0 Å². The number of aliphatic hydroxyl groups is 1. The molecule has 1 unspecified atom stereocenters. The number of hydrogen-bond acceptors (Lipinski definition) is 5. The molecule has 0 aliphatic carbocycles. The van der Waals surface area contributed by atoms with E-state index in [1.54, 1.807) is 48.1 Å². The van der Waals surface area contributed by atoms with Gasteiger partial charge in [0.25, 0.3) is 5.91 Å². The summed E-state index contributed by atoms with van der Waals surface area (Å²) in [6, 6.07) is 10.1. The summed E-state index contributed by atoms with van der Waals surface area (Å²) in [6.07, 6.45) is 0.919. The van der Waals surface area contributed by atoms with Crippen LogP contribution in [-0.2, 0) is 7.05 Å². The smallest absolute Gasteiger partial charge is 0.349 e. The highest BCUT2D eigenvalue weighted by molar-refractivity contribution is 5.97. The van der Waals surface area contributed by atoms with Crippen LogP contribution in [0.2, 0.25) is 0 Å². The van der Waals surface area contributed by atoms with Crippen molar-refractivity contribution in [1.82, 2.24) is 9.88 Å². The molecular weight excluding hydrogens is 324 g/mol. The Morgan fingerprint density at radius 1 is 1.36 bits per heavy atom. The Kier molecular flexibility index (Phi) is 4.58. The summed E-state index contributed by atoms with van der Waals surface area (Å²) in [7, 11) is 3.27. The van der Waals surface area contributed by atoms with Gasteiger partial charge in [0.15, 0.2) is 11.3 Å². The van der Waals surface area contributed by atoms with E-state index < -0.39 is 17.6 Å². The summed E-state index contributed by atoms with van der Waals surface area (Å²) in [5, 5.41) is 13.3. The Morgan fingerprint density at radius 2 is 2.16 bits per heavy atom. The molecule has 1 aromatic carbocycles. The average molecular weight is 342 g/mol. The van der Waals surface area contributed by atoms with Crippen LogP contribution in [0.5, 0.6) is 5.75 Å². The Labute approximate surface area is 143 Å². The lowest BCUT2D eigenvalue weighted by atomic mass is 10.1. The first-order chi connectivity index (χ1) is 12.0. The second kappa shape index (κ2) is 6.82. The van der Waals surface area contributed by atoms with Crippen LogP contribution in [0.1, 0.15) is 22.2 Å². The fourth-order valence-electron chi connectivity index (χ4n) is 2.65. The number of para-hydroxylation sites is 1. The lowest BCUT2D eigenvalue weighted by Crippen LogP contribution is -2.32. The molecule has 1 amide bonds. The van der Waals surface area contributed by atoms with Crippen LogP contribution in [0.15, 0.2) is 51.8 Å². The van der Waals surface area contributed by atoms with Gasteiger partial charge in [0.1, 0.15) is 11.7 Å². The van der Waals surface area contributed by atoms with Crippen molar-refractivity contribution in [3.63, 3.8) is 0 Å². The van der Waals surface area contributed by atoms with Gasteiger partial charge in [-0.05, 0) is 24.3 Å². The van der Waals surface area contributed by atoms with Crippen molar-refractivity contribution in [2.45, 2.75) is 6.10 Å². The van der Waals surface area contributed by atoms with Gasteiger partial charge in [-0.2, -0.15) is 0 Å². The Hall–Kier alpha value is -3.06. The van der Waals surface area contributed by atoms with Crippen LogP contribution in [0.4, 0.5) is 0 Å². The average Bonchev–Trinajstić information content (AvgIpc) is 3.04. The fourth-order valence-corrected chi connectivity index (χ4v) is 2.65. The highest BCUT2D eigenvalue weighted by Crippen LogP contribution is 2.24. The number of methoxy groups -OCH3 is 1. The molecule has 2 heterocycles. The van der Waals surface area contributed by atoms with Crippen molar-refractivity contribution in [3.8, 4) is 5.75 Å². The van der Waals surface area contributed by atoms with Gasteiger partial charge in [-0.3, -0.25) is 4.79 Å². The second-order valence-electron chi connectivity index (χ2n) is 5.60. The van der Waals surface area contributed by atoms with Gasteiger partial charge in [0.2, 0.25) is 0 Å². The van der Waals surface area contributed by atoms with E-state index in [9.17, 15) is 14.7 Å². The molecule has 0 radical (unpaired) electrons. The molecule has 0 spiro atoms.